The van der Waals surface area contributed by atoms with Crippen LogP contribution in [-0.4, -0.2) is 19.0 Å². The molecule has 0 N–H and O–H groups in total. The zero-order valence-electron chi connectivity index (χ0n) is 18.7. The zero-order valence-corrected chi connectivity index (χ0v) is 18.7. The number of hydrogen-bond acceptors (Lipinski definition) is 4. The standard InChI is InChI=1S/C28H28O4/c1-20(2)17-21-9-13-24(14-10-21)26(28(30)32-19-23-7-5-4-6-8-23)18-22-11-15-25(16-12-22)27(29)31-3/h4-16,18,20H,17,19H2,1-3H3/b26-18+. The first-order valence-corrected chi connectivity index (χ1v) is 10.7. The Morgan fingerprint density at radius 3 is 2.03 bits per heavy atom. The Bertz CT molecular complexity index is 1060. The molecule has 0 fully saturated rings. The predicted molar refractivity (Wildman–Crippen MR) is 127 cm³/mol. The fourth-order valence-corrected chi connectivity index (χ4v) is 3.35. The predicted octanol–water partition coefficient (Wildman–Crippen LogP) is 5.96. The first-order chi connectivity index (χ1) is 15.5. The first-order valence-electron chi connectivity index (χ1n) is 10.7. The number of benzene rings is 3. The Kier molecular flexibility index (Phi) is 7.98. The highest BCUT2D eigenvalue weighted by molar-refractivity contribution is 6.21. The lowest BCUT2D eigenvalue weighted by Crippen LogP contribution is -2.08. The lowest BCUT2D eigenvalue weighted by Gasteiger charge is -2.11. The van der Waals surface area contributed by atoms with E-state index in [-0.39, 0.29) is 6.61 Å². The van der Waals surface area contributed by atoms with Crippen molar-refractivity contribution in [3.8, 4) is 0 Å². The maximum Gasteiger partial charge on any atom is 0.339 e. The van der Waals surface area contributed by atoms with Gasteiger partial charge in [0.05, 0.1) is 18.2 Å². The topological polar surface area (TPSA) is 52.6 Å². The van der Waals surface area contributed by atoms with Crippen molar-refractivity contribution >= 4 is 23.6 Å². The van der Waals surface area contributed by atoms with Crippen molar-refractivity contribution in [2.45, 2.75) is 26.9 Å². The van der Waals surface area contributed by atoms with Gasteiger partial charge in [0.15, 0.2) is 0 Å². The van der Waals surface area contributed by atoms with Gasteiger partial charge in [-0.05, 0) is 52.8 Å². The van der Waals surface area contributed by atoms with Crippen LogP contribution >= 0.6 is 0 Å². The largest absolute Gasteiger partial charge is 0.465 e. The molecule has 0 bridgehead atoms. The summed E-state index contributed by atoms with van der Waals surface area (Å²) in [7, 11) is 1.35. The molecule has 0 saturated carbocycles. The quantitative estimate of drug-likeness (QED) is 0.252. The Balaban J connectivity index is 1.88. The van der Waals surface area contributed by atoms with Crippen molar-refractivity contribution < 1.29 is 19.1 Å². The lowest BCUT2D eigenvalue weighted by atomic mass is 9.98. The van der Waals surface area contributed by atoms with Crippen molar-refractivity contribution in [1.29, 1.82) is 0 Å². The van der Waals surface area contributed by atoms with Gasteiger partial charge in [0, 0.05) is 0 Å². The van der Waals surface area contributed by atoms with E-state index in [1.807, 2.05) is 54.6 Å². The second-order valence-electron chi connectivity index (χ2n) is 8.03. The molecule has 4 heteroatoms. The molecule has 3 aromatic rings. The van der Waals surface area contributed by atoms with Crippen LogP contribution in [0.5, 0.6) is 0 Å². The summed E-state index contributed by atoms with van der Waals surface area (Å²) in [6, 6.07) is 24.5. The summed E-state index contributed by atoms with van der Waals surface area (Å²) < 4.78 is 10.4. The number of esters is 2. The lowest BCUT2D eigenvalue weighted by molar-refractivity contribution is -0.137. The molecule has 0 aromatic heterocycles. The van der Waals surface area contributed by atoms with E-state index in [1.54, 1.807) is 30.3 Å². The van der Waals surface area contributed by atoms with Gasteiger partial charge in [-0.15, -0.1) is 0 Å². The van der Waals surface area contributed by atoms with E-state index in [4.69, 9.17) is 9.47 Å². The molecule has 164 valence electrons. The third-order valence-electron chi connectivity index (χ3n) is 4.98. The van der Waals surface area contributed by atoms with E-state index in [1.165, 1.54) is 12.7 Å². The van der Waals surface area contributed by atoms with E-state index in [0.717, 1.165) is 23.1 Å². The fraction of sp³-hybridized carbons (Fsp3) is 0.214. The van der Waals surface area contributed by atoms with E-state index in [9.17, 15) is 9.59 Å². The van der Waals surface area contributed by atoms with Gasteiger partial charge in [0.1, 0.15) is 6.61 Å². The second-order valence-corrected chi connectivity index (χ2v) is 8.03. The highest BCUT2D eigenvalue weighted by Crippen LogP contribution is 2.23. The molecular weight excluding hydrogens is 400 g/mol. The molecule has 0 radical (unpaired) electrons. The van der Waals surface area contributed by atoms with Gasteiger partial charge in [0.2, 0.25) is 0 Å². The Morgan fingerprint density at radius 2 is 1.44 bits per heavy atom. The van der Waals surface area contributed by atoms with Crippen molar-refractivity contribution in [3.63, 3.8) is 0 Å². The van der Waals surface area contributed by atoms with Crippen LogP contribution in [0.1, 0.15) is 46.5 Å². The Hall–Kier alpha value is -3.66. The van der Waals surface area contributed by atoms with E-state index < -0.39 is 11.9 Å². The molecule has 0 aliphatic rings. The van der Waals surface area contributed by atoms with Gasteiger partial charge in [-0.25, -0.2) is 9.59 Å². The molecule has 3 aromatic carbocycles. The second kappa shape index (κ2) is 11.1. The highest BCUT2D eigenvalue weighted by Gasteiger charge is 2.15. The van der Waals surface area contributed by atoms with Crippen LogP contribution in [0.3, 0.4) is 0 Å². The molecule has 0 atom stereocenters. The minimum Gasteiger partial charge on any atom is -0.465 e. The molecule has 0 aliphatic carbocycles. The number of carbonyl (C=O) groups is 2. The SMILES string of the molecule is COC(=O)c1ccc(/C=C(/C(=O)OCc2ccccc2)c2ccc(CC(C)C)cc2)cc1. The molecular formula is C28H28O4. The van der Waals surface area contributed by atoms with Crippen LogP contribution in [0.25, 0.3) is 11.6 Å². The van der Waals surface area contributed by atoms with Gasteiger partial charge in [-0.2, -0.15) is 0 Å². The summed E-state index contributed by atoms with van der Waals surface area (Å²) in [6.45, 7) is 4.56. The summed E-state index contributed by atoms with van der Waals surface area (Å²) in [4.78, 5) is 24.7. The zero-order chi connectivity index (χ0) is 22.9. The molecule has 0 aliphatic heterocycles. The number of hydrogen-bond donors (Lipinski definition) is 0. The van der Waals surface area contributed by atoms with Gasteiger partial charge in [0.25, 0.3) is 0 Å². The summed E-state index contributed by atoms with van der Waals surface area (Å²) in [5.74, 6) is -0.244. The summed E-state index contributed by atoms with van der Waals surface area (Å²) >= 11 is 0. The summed E-state index contributed by atoms with van der Waals surface area (Å²) in [6.07, 6.45) is 2.76. The number of ether oxygens (including phenoxy) is 2. The molecule has 3 rings (SSSR count). The maximum atomic E-state index is 13.0. The number of methoxy groups -OCH3 is 1. The third kappa shape index (κ3) is 6.42. The Labute approximate surface area is 189 Å². The molecule has 32 heavy (non-hydrogen) atoms. The minimum atomic E-state index is -0.400. The van der Waals surface area contributed by atoms with Crippen LogP contribution in [0.4, 0.5) is 0 Å². The smallest absolute Gasteiger partial charge is 0.339 e. The number of rotatable bonds is 8. The van der Waals surface area contributed by atoms with Crippen LogP contribution in [0.15, 0.2) is 78.9 Å². The highest BCUT2D eigenvalue weighted by atomic mass is 16.5. The molecule has 4 nitrogen and oxygen atoms in total. The molecule has 0 amide bonds. The average Bonchev–Trinajstić information content (AvgIpc) is 2.82. The van der Waals surface area contributed by atoms with Gasteiger partial charge in [-0.1, -0.05) is 80.6 Å². The van der Waals surface area contributed by atoms with Crippen molar-refractivity contribution in [1.82, 2.24) is 0 Å². The van der Waals surface area contributed by atoms with E-state index in [2.05, 4.69) is 13.8 Å². The van der Waals surface area contributed by atoms with Gasteiger partial charge >= 0.3 is 11.9 Å². The normalized spacial score (nSPS) is 11.3. The maximum absolute atomic E-state index is 13.0. The van der Waals surface area contributed by atoms with Crippen LogP contribution in [0.2, 0.25) is 0 Å². The Morgan fingerprint density at radius 1 is 0.812 bits per heavy atom. The fourth-order valence-electron chi connectivity index (χ4n) is 3.35. The van der Waals surface area contributed by atoms with Crippen LogP contribution in [-0.2, 0) is 27.3 Å². The molecule has 0 heterocycles. The summed E-state index contributed by atoms with van der Waals surface area (Å²) in [5.41, 5.74) is 4.64. The molecule has 0 saturated heterocycles. The van der Waals surface area contributed by atoms with Crippen LogP contribution in [0, 0.1) is 5.92 Å². The van der Waals surface area contributed by atoms with Gasteiger partial charge in [-0.3, -0.25) is 0 Å². The van der Waals surface area contributed by atoms with Gasteiger partial charge < -0.3 is 9.47 Å². The minimum absolute atomic E-state index is 0.198. The van der Waals surface area contributed by atoms with Crippen molar-refractivity contribution in [3.05, 3.63) is 107 Å². The summed E-state index contributed by atoms with van der Waals surface area (Å²) in [5, 5.41) is 0. The number of carbonyl (C=O) groups excluding carboxylic acids is 2. The van der Waals surface area contributed by atoms with E-state index >= 15 is 0 Å². The van der Waals surface area contributed by atoms with Crippen molar-refractivity contribution in [2.24, 2.45) is 5.92 Å². The van der Waals surface area contributed by atoms with Crippen LogP contribution < -0.4 is 0 Å². The first kappa shape index (κ1) is 23.0. The monoisotopic (exact) mass is 428 g/mol. The third-order valence-corrected chi connectivity index (χ3v) is 4.98. The molecule has 0 unspecified atom stereocenters. The van der Waals surface area contributed by atoms with E-state index in [0.29, 0.717) is 17.1 Å². The van der Waals surface area contributed by atoms with Crippen molar-refractivity contribution in [2.75, 3.05) is 7.11 Å². The molecule has 0 spiro atoms. The average molecular weight is 429 g/mol.